The molecule has 0 aromatic heterocycles. The van der Waals surface area contributed by atoms with Gasteiger partial charge in [-0.3, -0.25) is 9.59 Å². The fraction of sp³-hybridized carbons (Fsp3) is 0.400. The SMILES string of the molecule is CC[C@H](C)[C@H](NC(=O)OCC1c2ccccc2-c2ccccc21)C(=O)N(C)[C@@H](Cc1ccc(OC(C)(C)C)cc1)C(N)=O. The van der Waals surface area contributed by atoms with E-state index in [1.807, 2.05) is 83.1 Å². The van der Waals surface area contributed by atoms with Crippen LogP contribution in [0.1, 0.15) is 63.6 Å². The number of carbonyl (C=O) groups is 3. The molecule has 8 nitrogen and oxygen atoms in total. The van der Waals surface area contributed by atoms with E-state index in [1.54, 1.807) is 7.05 Å². The van der Waals surface area contributed by atoms with E-state index in [-0.39, 0.29) is 30.5 Å². The molecule has 3 amide bonds. The molecule has 0 radical (unpaired) electrons. The van der Waals surface area contributed by atoms with Crippen molar-refractivity contribution in [2.75, 3.05) is 13.7 Å². The van der Waals surface area contributed by atoms with Crippen LogP contribution < -0.4 is 15.8 Å². The van der Waals surface area contributed by atoms with E-state index in [0.29, 0.717) is 12.2 Å². The second-order valence-corrected chi connectivity index (χ2v) is 12.3. The third-order valence-corrected chi connectivity index (χ3v) is 8.02. The normalized spacial score (nSPS) is 14.6. The van der Waals surface area contributed by atoms with Crippen LogP contribution in [0.25, 0.3) is 11.1 Å². The minimum Gasteiger partial charge on any atom is -0.488 e. The van der Waals surface area contributed by atoms with Crippen LogP contribution in [0.3, 0.4) is 0 Å². The molecule has 0 saturated carbocycles. The van der Waals surface area contributed by atoms with Gasteiger partial charge < -0.3 is 25.4 Å². The highest BCUT2D eigenvalue weighted by molar-refractivity contribution is 5.91. The Kier molecular flexibility index (Phi) is 9.79. The van der Waals surface area contributed by atoms with Crippen molar-refractivity contribution < 1.29 is 23.9 Å². The number of benzene rings is 3. The number of primary amides is 1. The van der Waals surface area contributed by atoms with Gasteiger partial charge in [-0.05, 0) is 66.6 Å². The molecule has 0 fully saturated rings. The van der Waals surface area contributed by atoms with Crippen LogP contribution in [-0.2, 0) is 20.7 Å². The minimum absolute atomic E-state index is 0.0991. The number of fused-ring (bicyclic) bond motifs is 3. The Hall–Kier alpha value is -4.33. The summed E-state index contributed by atoms with van der Waals surface area (Å²) in [7, 11) is 1.55. The minimum atomic E-state index is -0.905. The largest absolute Gasteiger partial charge is 0.488 e. The number of likely N-dealkylation sites (N-methyl/N-ethyl adjacent to an activating group) is 1. The zero-order chi connectivity index (χ0) is 31.3. The lowest BCUT2D eigenvalue weighted by Crippen LogP contribution is -2.56. The third-order valence-electron chi connectivity index (χ3n) is 8.02. The number of hydrogen-bond acceptors (Lipinski definition) is 5. The predicted molar refractivity (Wildman–Crippen MR) is 168 cm³/mol. The van der Waals surface area contributed by atoms with E-state index < -0.39 is 30.0 Å². The Balaban J connectivity index is 1.43. The summed E-state index contributed by atoms with van der Waals surface area (Å²) >= 11 is 0. The van der Waals surface area contributed by atoms with Crippen LogP contribution in [0.15, 0.2) is 72.8 Å². The molecule has 1 aliphatic carbocycles. The smallest absolute Gasteiger partial charge is 0.407 e. The summed E-state index contributed by atoms with van der Waals surface area (Å²) in [5.41, 5.74) is 10.7. The van der Waals surface area contributed by atoms with Crippen LogP contribution in [-0.4, -0.2) is 54.1 Å². The van der Waals surface area contributed by atoms with E-state index in [9.17, 15) is 14.4 Å². The summed E-state index contributed by atoms with van der Waals surface area (Å²) in [4.78, 5) is 40.7. The number of nitrogens with one attached hydrogen (secondary N) is 1. The number of alkyl carbamates (subject to hydrolysis) is 1. The zero-order valence-corrected chi connectivity index (χ0v) is 25.9. The molecule has 0 unspecified atom stereocenters. The quantitative estimate of drug-likeness (QED) is 0.301. The van der Waals surface area contributed by atoms with Gasteiger partial charge in [-0.25, -0.2) is 4.79 Å². The lowest BCUT2D eigenvalue weighted by molar-refractivity contribution is -0.140. The number of hydrogen-bond donors (Lipinski definition) is 2. The first-order chi connectivity index (χ1) is 20.4. The number of carbonyl (C=O) groups excluding carboxylic acids is 3. The van der Waals surface area contributed by atoms with Crippen LogP contribution in [0, 0.1) is 5.92 Å². The molecule has 0 saturated heterocycles. The summed E-state index contributed by atoms with van der Waals surface area (Å²) in [5, 5.41) is 2.79. The average Bonchev–Trinajstić information content (AvgIpc) is 3.30. The molecular weight excluding hydrogens is 542 g/mol. The first-order valence-corrected chi connectivity index (χ1v) is 14.8. The van der Waals surface area contributed by atoms with Gasteiger partial charge in [-0.1, -0.05) is 80.9 Å². The summed E-state index contributed by atoms with van der Waals surface area (Å²) in [5.74, 6) is -0.634. The molecule has 228 valence electrons. The van der Waals surface area contributed by atoms with Gasteiger partial charge in [0, 0.05) is 19.4 Å². The molecule has 3 N–H and O–H groups in total. The highest BCUT2D eigenvalue weighted by Gasteiger charge is 2.35. The molecule has 3 aromatic carbocycles. The second-order valence-electron chi connectivity index (χ2n) is 12.3. The molecule has 8 heteroatoms. The molecular formula is C35H43N3O5. The van der Waals surface area contributed by atoms with Crippen molar-refractivity contribution in [1.29, 1.82) is 0 Å². The van der Waals surface area contributed by atoms with E-state index in [4.69, 9.17) is 15.2 Å². The Morgan fingerprint density at radius 3 is 2.00 bits per heavy atom. The van der Waals surface area contributed by atoms with E-state index >= 15 is 0 Å². The maximum absolute atomic E-state index is 13.7. The summed E-state index contributed by atoms with van der Waals surface area (Å²) in [6.07, 6.45) is 0.176. The zero-order valence-electron chi connectivity index (χ0n) is 25.9. The average molecular weight is 586 g/mol. The lowest BCUT2D eigenvalue weighted by atomic mass is 9.96. The van der Waals surface area contributed by atoms with Gasteiger partial charge in [-0.15, -0.1) is 0 Å². The van der Waals surface area contributed by atoms with Crippen molar-refractivity contribution in [2.24, 2.45) is 11.7 Å². The molecule has 0 spiro atoms. The van der Waals surface area contributed by atoms with E-state index in [0.717, 1.165) is 27.8 Å². The Morgan fingerprint density at radius 1 is 0.930 bits per heavy atom. The van der Waals surface area contributed by atoms with Crippen LogP contribution in [0.5, 0.6) is 5.75 Å². The van der Waals surface area contributed by atoms with E-state index in [1.165, 1.54) is 4.90 Å². The van der Waals surface area contributed by atoms with Crippen LogP contribution in [0.2, 0.25) is 0 Å². The maximum Gasteiger partial charge on any atom is 0.407 e. The molecule has 3 atom stereocenters. The number of nitrogens with zero attached hydrogens (tertiary/aromatic N) is 1. The van der Waals surface area contributed by atoms with Crippen molar-refractivity contribution >= 4 is 17.9 Å². The number of rotatable bonds is 11. The van der Waals surface area contributed by atoms with Gasteiger partial charge in [0.2, 0.25) is 11.8 Å². The van der Waals surface area contributed by atoms with Crippen LogP contribution >= 0.6 is 0 Å². The van der Waals surface area contributed by atoms with E-state index in [2.05, 4.69) is 29.6 Å². The molecule has 4 rings (SSSR count). The Morgan fingerprint density at radius 2 is 1.49 bits per heavy atom. The van der Waals surface area contributed by atoms with Gasteiger partial charge in [0.1, 0.15) is 30.0 Å². The highest BCUT2D eigenvalue weighted by atomic mass is 16.5. The predicted octanol–water partition coefficient (Wildman–Crippen LogP) is 5.67. The highest BCUT2D eigenvalue weighted by Crippen LogP contribution is 2.44. The summed E-state index contributed by atoms with van der Waals surface area (Å²) in [6, 6.07) is 21.8. The molecule has 1 aliphatic rings. The number of ether oxygens (including phenoxy) is 2. The fourth-order valence-electron chi connectivity index (χ4n) is 5.52. The number of nitrogens with two attached hydrogens (primary N) is 1. The van der Waals surface area contributed by atoms with Gasteiger partial charge in [-0.2, -0.15) is 0 Å². The van der Waals surface area contributed by atoms with Crippen molar-refractivity contribution in [2.45, 2.75) is 71.1 Å². The monoisotopic (exact) mass is 585 g/mol. The standard InChI is InChI=1S/C35H43N3O5/c1-7-22(2)31(33(40)38(6)30(32(36)39)20-23-16-18-24(19-17-23)43-35(3,4)5)37-34(41)42-21-29-27-14-10-8-12-25(27)26-13-9-11-15-28(26)29/h8-19,22,29-31H,7,20-21H2,1-6H3,(H2,36,39)(H,37,41)/t22-,30-,31-/m0/s1. The summed E-state index contributed by atoms with van der Waals surface area (Å²) < 4.78 is 11.6. The Labute approximate surface area is 254 Å². The number of amides is 3. The third kappa shape index (κ3) is 7.55. The topological polar surface area (TPSA) is 111 Å². The molecule has 0 aliphatic heterocycles. The van der Waals surface area contributed by atoms with Gasteiger partial charge in [0.05, 0.1) is 0 Å². The Bertz CT molecular complexity index is 1400. The first kappa shape index (κ1) is 31.6. The van der Waals surface area contributed by atoms with Gasteiger partial charge >= 0.3 is 6.09 Å². The van der Waals surface area contributed by atoms with Crippen molar-refractivity contribution in [1.82, 2.24) is 10.2 Å². The van der Waals surface area contributed by atoms with Crippen LogP contribution in [0.4, 0.5) is 4.79 Å². The van der Waals surface area contributed by atoms with Gasteiger partial charge in [0.25, 0.3) is 0 Å². The first-order valence-electron chi connectivity index (χ1n) is 14.8. The van der Waals surface area contributed by atoms with Crippen molar-refractivity contribution in [3.05, 3.63) is 89.5 Å². The molecule has 0 bridgehead atoms. The molecule has 43 heavy (non-hydrogen) atoms. The molecule has 0 heterocycles. The summed E-state index contributed by atoms with van der Waals surface area (Å²) in [6.45, 7) is 9.86. The molecule has 3 aromatic rings. The van der Waals surface area contributed by atoms with Crippen molar-refractivity contribution in [3.63, 3.8) is 0 Å². The van der Waals surface area contributed by atoms with Crippen molar-refractivity contribution in [3.8, 4) is 16.9 Å². The lowest BCUT2D eigenvalue weighted by Gasteiger charge is -2.32. The fourth-order valence-corrected chi connectivity index (χ4v) is 5.52. The maximum atomic E-state index is 13.7. The van der Waals surface area contributed by atoms with Gasteiger partial charge in [0.15, 0.2) is 0 Å². The second kappa shape index (κ2) is 13.3.